The van der Waals surface area contributed by atoms with Gasteiger partial charge in [0.1, 0.15) is 17.5 Å². The Morgan fingerprint density at radius 2 is 2.09 bits per heavy atom. The second kappa shape index (κ2) is 6.18. The highest BCUT2D eigenvalue weighted by atomic mass is 16.6. The topological polar surface area (TPSA) is 82.4 Å². The summed E-state index contributed by atoms with van der Waals surface area (Å²) in [6.07, 6.45) is 2.76. The lowest BCUT2D eigenvalue weighted by atomic mass is 10.2. The molecule has 1 aliphatic rings. The van der Waals surface area contributed by atoms with Crippen LogP contribution in [0.4, 0.5) is 10.6 Å². The molecule has 118 valence electrons. The van der Waals surface area contributed by atoms with Crippen LogP contribution in [0.1, 0.15) is 33.4 Å². The summed E-state index contributed by atoms with van der Waals surface area (Å²) < 4.78 is 5.42. The maximum absolute atomic E-state index is 12.2. The molecule has 1 amide bonds. The number of carbonyl (C=O) groups excluding carboxylic acids is 1. The molecule has 1 aromatic heterocycles. The predicted molar refractivity (Wildman–Crippen MR) is 81.4 cm³/mol. The van der Waals surface area contributed by atoms with Crippen LogP contribution in [0.2, 0.25) is 0 Å². The lowest BCUT2D eigenvalue weighted by Crippen LogP contribution is -2.55. The Hall–Kier alpha value is -2.36. The van der Waals surface area contributed by atoms with Gasteiger partial charge >= 0.3 is 6.09 Å². The van der Waals surface area contributed by atoms with Gasteiger partial charge < -0.3 is 14.5 Å². The van der Waals surface area contributed by atoms with E-state index in [4.69, 9.17) is 10.00 Å². The fraction of sp³-hybridized carbons (Fsp3) is 0.600. The van der Waals surface area contributed by atoms with Crippen LogP contribution in [0.3, 0.4) is 0 Å². The summed E-state index contributed by atoms with van der Waals surface area (Å²) >= 11 is 0. The van der Waals surface area contributed by atoms with Crippen molar-refractivity contribution in [2.75, 3.05) is 24.5 Å². The van der Waals surface area contributed by atoms with Crippen LogP contribution in [0.25, 0.3) is 0 Å². The summed E-state index contributed by atoms with van der Waals surface area (Å²) in [6, 6.07) is 1.96. The third-order valence-corrected chi connectivity index (χ3v) is 3.33. The van der Waals surface area contributed by atoms with Crippen molar-refractivity contribution < 1.29 is 9.53 Å². The van der Waals surface area contributed by atoms with Crippen molar-refractivity contribution in [2.24, 2.45) is 0 Å². The normalized spacial score (nSPS) is 18.8. The van der Waals surface area contributed by atoms with Crippen LogP contribution in [-0.2, 0) is 4.74 Å². The highest BCUT2D eigenvalue weighted by Crippen LogP contribution is 2.19. The Labute approximate surface area is 130 Å². The van der Waals surface area contributed by atoms with E-state index in [2.05, 4.69) is 14.9 Å². The van der Waals surface area contributed by atoms with E-state index in [1.165, 1.54) is 6.20 Å². The molecule has 2 heterocycles. The van der Waals surface area contributed by atoms with Gasteiger partial charge in [-0.15, -0.1) is 0 Å². The summed E-state index contributed by atoms with van der Waals surface area (Å²) in [7, 11) is 0. The van der Waals surface area contributed by atoms with Crippen molar-refractivity contribution in [3.05, 3.63) is 18.1 Å². The average molecular weight is 303 g/mol. The Morgan fingerprint density at radius 1 is 1.36 bits per heavy atom. The number of ether oxygens (including phenoxy) is 1. The highest BCUT2D eigenvalue weighted by Gasteiger charge is 2.31. The molecule has 0 N–H and O–H groups in total. The highest BCUT2D eigenvalue weighted by molar-refractivity contribution is 5.69. The number of hydrogen-bond acceptors (Lipinski definition) is 6. The van der Waals surface area contributed by atoms with Crippen molar-refractivity contribution in [1.29, 1.82) is 5.26 Å². The number of piperazine rings is 1. The molecule has 0 aromatic carbocycles. The third-order valence-electron chi connectivity index (χ3n) is 3.33. The van der Waals surface area contributed by atoms with Gasteiger partial charge in [0.15, 0.2) is 5.69 Å². The van der Waals surface area contributed by atoms with Crippen molar-refractivity contribution >= 4 is 11.9 Å². The van der Waals surface area contributed by atoms with Gasteiger partial charge in [-0.25, -0.2) is 14.8 Å². The van der Waals surface area contributed by atoms with Crippen molar-refractivity contribution in [3.63, 3.8) is 0 Å². The van der Waals surface area contributed by atoms with Crippen LogP contribution < -0.4 is 4.90 Å². The fourth-order valence-electron chi connectivity index (χ4n) is 2.30. The monoisotopic (exact) mass is 303 g/mol. The van der Waals surface area contributed by atoms with E-state index >= 15 is 0 Å². The number of amides is 1. The predicted octanol–water partition coefficient (Wildman–Crippen LogP) is 1.79. The van der Waals surface area contributed by atoms with E-state index in [1.54, 1.807) is 11.1 Å². The summed E-state index contributed by atoms with van der Waals surface area (Å²) in [6.45, 7) is 9.43. The van der Waals surface area contributed by atoms with Gasteiger partial charge in [0.05, 0.1) is 12.4 Å². The first-order chi connectivity index (χ1) is 10.3. The number of nitrogens with zero attached hydrogens (tertiary/aromatic N) is 5. The lowest BCUT2D eigenvalue weighted by Gasteiger charge is -2.40. The molecule has 22 heavy (non-hydrogen) atoms. The van der Waals surface area contributed by atoms with Crippen molar-refractivity contribution in [1.82, 2.24) is 14.9 Å². The number of carbonyl (C=O) groups is 1. The fourth-order valence-corrected chi connectivity index (χ4v) is 2.30. The Bertz CT molecular complexity index is 573. The Balaban J connectivity index is 2.00. The molecule has 0 spiro atoms. The van der Waals surface area contributed by atoms with E-state index in [-0.39, 0.29) is 12.1 Å². The summed E-state index contributed by atoms with van der Waals surface area (Å²) in [5, 5.41) is 8.75. The standard InChI is InChI=1S/C15H21N5O2/c1-11-10-19(13-9-17-12(7-16)8-18-13)5-6-20(11)14(21)22-15(2,3)4/h8-9,11H,5-6,10H2,1-4H3/t11-/m0/s1. The minimum atomic E-state index is -0.494. The zero-order valence-electron chi connectivity index (χ0n) is 13.4. The van der Waals surface area contributed by atoms with Gasteiger partial charge in [0, 0.05) is 25.7 Å². The molecule has 1 fully saturated rings. The molecule has 1 aromatic rings. The van der Waals surface area contributed by atoms with Crippen LogP contribution in [0.5, 0.6) is 0 Å². The SMILES string of the molecule is C[C@H]1CN(c2cnc(C#N)cn2)CCN1C(=O)OC(C)(C)C. The lowest BCUT2D eigenvalue weighted by molar-refractivity contribution is 0.0158. The number of rotatable bonds is 1. The van der Waals surface area contributed by atoms with Gasteiger partial charge in [-0.3, -0.25) is 0 Å². The van der Waals surface area contributed by atoms with Crippen LogP contribution >= 0.6 is 0 Å². The molecule has 1 saturated heterocycles. The van der Waals surface area contributed by atoms with Gasteiger partial charge in [-0.05, 0) is 27.7 Å². The van der Waals surface area contributed by atoms with Crippen molar-refractivity contribution in [2.45, 2.75) is 39.3 Å². The molecule has 1 atom stereocenters. The molecule has 0 saturated carbocycles. The minimum absolute atomic E-state index is 0.0149. The zero-order valence-corrected chi connectivity index (χ0v) is 13.4. The largest absolute Gasteiger partial charge is 0.444 e. The number of aromatic nitrogens is 2. The maximum atomic E-state index is 12.2. The van der Waals surface area contributed by atoms with E-state index in [1.807, 2.05) is 33.8 Å². The van der Waals surface area contributed by atoms with Gasteiger partial charge in [0.25, 0.3) is 0 Å². The molecule has 1 aliphatic heterocycles. The van der Waals surface area contributed by atoms with E-state index in [9.17, 15) is 4.79 Å². The van der Waals surface area contributed by atoms with Gasteiger partial charge in [-0.2, -0.15) is 5.26 Å². The second-order valence-electron chi connectivity index (χ2n) is 6.34. The van der Waals surface area contributed by atoms with Gasteiger partial charge in [0.2, 0.25) is 0 Å². The first-order valence-electron chi connectivity index (χ1n) is 7.27. The first-order valence-corrected chi connectivity index (χ1v) is 7.27. The summed E-state index contributed by atoms with van der Waals surface area (Å²) in [5.74, 6) is 0.717. The average Bonchev–Trinajstić information content (AvgIpc) is 2.45. The number of nitriles is 1. The van der Waals surface area contributed by atoms with E-state index < -0.39 is 5.60 Å². The molecule has 7 heteroatoms. The second-order valence-corrected chi connectivity index (χ2v) is 6.34. The first kappa shape index (κ1) is 16.0. The molecule has 0 aliphatic carbocycles. The molecular weight excluding hydrogens is 282 g/mol. The molecule has 7 nitrogen and oxygen atoms in total. The van der Waals surface area contributed by atoms with Gasteiger partial charge in [-0.1, -0.05) is 0 Å². The molecule has 2 rings (SSSR count). The number of anilines is 1. The maximum Gasteiger partial charge on any atom is 0.410 e. The molecule has 0 bridgehead atoms. The van der Waals surface area contributed by atoms with E-state index in [0.717, 1.165) is 5.82 Å². The van der Waals surface area contributed by atoms with Crippen LogP contribution in [0, 0.1) is 11.3 Å². The molecule has 0 radical (unpaired) electrons. The van der Waals surface area contributed by atoms with Crippen molar-refractivity contribution in [3.8, 4) is 6.07 Å². The Kier molecular flexibility index (Phi) is 4.50. The number of hydrogen-bond donors (Lipinski definition) is 0. The third kappa shape index (κ3) is 3.85. The summed E-state index contributed by atoms with van der Waals surface area (Å²) in [4.78, 5) is 24.2. The quantitative estimate of drug-likeness (QED) is 0.786. The molecule has 0 unspecified atom stereocenters. The Morgan fingerprint density at radius 3 is 2.59 bits per heavy atom. The zero-order chi connectivity index (χ0) is 16.3. The van der Waals surface area contributed by atoms with Crippen LogP contribution in [0.15, 0.2) is 12.4 Å². The minimum Gasteiger partial charge on any atom is -0.444 e. The molecular formula is C15H21N5O2. The van der Waals surface area contributed by atoms with Crippen LogP contribution in [-0.4, -0.2) is 52.2 Å². The van der Waals surface area contributed by atoms with E-state index in [0.29, 0.717) is 25.3 Å². The summed E-state index contributed by atoms with van der Waals surface area (Å²) in [5.41, 5.74) is -0.198. The smallest absolute Gasteiger partial charge is 0.410 e.